The van der Waals surface area contributed by atoms with Crippen LogP contribution in [0.2, 0.25) is 0 Å². The number of hydrogen-bond acceptors (Lipinski definition) is 12. The van der Waals surface area contributed by atoms with Crippen LogP contribution in [0.4, 0.5) is 34.5 Å². The van der Waals surface area contributed by atoms with Crippen molar-refractivity contribution in [3.63, 3.8) is 0 Å². The molecule has 2 radical (unpaired) electrons. The zero-order valence-electron chi connectivity index (χ0n) is 30.2. The molecule has 2 fully saturated rings. The third-order valence-electron chi connectivity index (χ3n) is 10.3. The molecule has 0 aliphatic carbocycles. The van der Waals surface area contributed by atoms with Gasteiger partial charge in [-0.25, -0.2) is 9.98 Å². The molecule has 276 valence electrons. The average Bonchev–Trinajstić information content (AvgIpc) is 3.52. The van der Waals surface area contributed by atoms with E-state index in [1.807, 2.05) is 42.6 Å². The summed E-state index contributed by atoms with van der Waals surface area (Å²) in [7, 11) is 6.15. The first-order valence-electron chi connectivity index (χ1n) is 18.4. The van der Waals surface area contributed by atoms with Gasteiger partial charge in [-0.1, -0.05) is 35.8 Å². The van der Waals surface area contributed by atoms with Crippen molar-refractivity contribution in [1.29, 1.82) is 0 Å². The van der Waals surface area contributed by atoms with Crippen LogP contribution in [0.1, 0.15) is 47.2 Å². The number of fused-ring (bicyclic) bond motifs is 2. The molecule has 0 bridgehead atoms. The number of benzene rings is 3. The third kappa shape index (κ3) is 7.83. The Morgan fingerprint density at radius 2 is 1.85 bits per heavy atom. The summed E-state index contributed by atoms with van der Waals surface area (Å²) in [6.07, 6.45) is 7.45. The predicted molar refractivity (Wildman–Crippen MR) is 214 cm³/mol. The number of aliphatic imine (C=N–C) groups is 2. The van der Waals surface area contributed by atoms with E-state index in [0.717, 1.165) is 66.4 Å². The summed E-state index contributed by atoms with van der Waals surface area (Å²) >= 11 is 0. The van der Waals surface area contributed by atoms with Gasteiger partial charge in [-0.3, -0.25) is 29.6 Å². The topological polar surface area (TPSA) is 182 Å². The van der Waals surface area contributed by atoms with E-state index >= 15 is 0 Å². The van der Waals surface area contributed by atoms with Crippen LogP contribution in [0.25, 0.3) is 0 Å². The van der Waals surface area contributed by atoms with Gasteiger partial charge in [-0.2, -0.15) is 4.98 Å². The van der Waals surface area contributed by atoms with Crippen molar-refractivity contribution in [2.45, 2.75) is 50.9 Å². The van der Waals surface area contributed by atoms with Crippen molar-refractivity contribution < 1.29 is 14.4 Å². The average molecular weight is 734 g/mol. The normalized spacial score (nSPS) is 19.1. The molecule has 14 nitrogen and oxygen atoms in total. The zero-order chi connectivity index (χ0) is 37.9. The summed E-state index contributed by atoms with van der Waals surface area (Å²) in [5, 5.41) is 12.4. The smallest absolute Gasteiger partial charge is 0.255 e. The van der Waals surface area contributed by atoms with Crippen LogP contribution < -0.4 is 32.5 Å². The number of hydrogen-bond donors (Lipinski definition) is 5. The molecule has 3 aromatic carbocycles. The summed E-state index contributed by atoms with van der Waals surface area (Å²) in [5.74, 6) is -0.0161. The molecular formula is C40H40BN11O3. The van der Waals surface area contributed by atoms with Gasteiger partial charge in [0.1, 0.15) is 19.7 Å². The molecule has 0 saturated carbocycles. The van der Waals surface area contributed by atoms with Gasteiger partial charge >= 0.3 is 0 Å². The minimum absolute atomic E-state index is 0.202. The van der Waals surface area contributed by atoms with Crippen molar-refractivity contribution in [3.05, 3.63) is 101 Å². The first-order valence-corrected chi connectivity index (χ1v) is 18.4. The van der Waals surface area contributed by atoms with E-state index in [2.05, 4.69) is 48.3 Å². The number of aromatic nitrogens is 2. The largest absolute Gasteiger partial charge is 0.404 e. The van der Waals surface area contributed by atoms with Gasteiger partial charge < -0.3 is 26.6 Å². The first-order chi connectivity index (χ1) is 26.8. The molecule has 4 aliphatic rings. The number of para-hydroxylation sites is 1. The lowest BCUT2D eigenvalue weighted by atomic mass is 9.92. The summed E-state index contributed by atoms with van der Waals surface area (Å²) < 4.78 is 0. The molecule has 4 aliphatic heterocycles. The molecule has 2 saturated heterocycles. The molecule has 5 heterocycles. The Kier molecular flexibility index (Phi) is 10.1. The molecule has 15 heteroatoms. The molecule has 1 atom stereocenters. The number of likely N-dealkylation sites (tertiary alicyclic amines) is 1. The standard InChI is InChI=1S/C40H40BN11O3/c41-30-7-3-9-32-37(30)48-33(21-45-32)25(19-42)20-44-26-13-16-51(17-14-26)22-24-4-1-5-27(18-24)46-40-43-15-12-35(49-40)47-31-8-2-6-28-29(31)23-52(39(28)55)34-10-11-36(53)50-38(34)54/h1-9,12,15,18-20,26,34,45H,10-11,13-14,16-17,21-23,42H2,(H,50,53,54)(H2,43,46,47,49). The van der Waals surface area contributed by atoms with Crippen LogP contribution >= 0.6 is 0 Å². The number of nitrogens with one attached hydrogen (secondary N) is 4. The maximum Gasteiger partial charge on any atom is 0.255 e. The summed E-state index contributed by atoms with van der Waals surface area (Å²) in [6, 6.07) is 20.6. The van der Waals surface area contributed by atoms with E-state index in [-0.39, 0.29) is 30.8 Å². The number of nitrogens with zero attached hydrogens (tertiary/aromatic N) is 6. The molecule has 0 spiro atoms. The molecule has 1 unspecified atom stereocenters. The van der Waals surface area contributed by atoms with E-state index < -0.39 is 11.9 Å². The molecule has 55 heavy (non-hydrogen) atoms. The van der Waals surface area contributed by atoms with Crippen molar-refractivity contribution in [2.24, 2.45) is 15.7 Å². The summed E-state index contributed by atoms with van der Waals surface area (Å²) in [6.45, 7) is 3.46. The van der Waals surface area contributed by atoms with Gasteiger partial charge in [0.2, 0.25) is 17.8 Å². The Hall–Kier alpha value is -6.35. The number of amides is 3. The van der Waals surface area contributed by atoms with Crippen LogP contribution in [0.3, 0.4) is 0 Å². The maximum atomic E-state index is 13.3. The van der Waals surface area contributed by atoms with Crippen LogP contribution in [0, 0.1) is 0 Å². The number of carbonyl (C=O) groups is 3. The van der Waals surface area contributed by atoms with E-state index in [4.69, 9.17) is 23.6 Å². The van der Waals surface area contributed by atoms with E-state index in [0.29, 0.717) is 41.4 Å². The molecule has 6 N–H and O–H groups in total. The quantitative estimate of drug-likeness (QED) is 0.0918. The lowest BCUT2D eigenvalue weighted by Crippen LogP contribution is -2.52. The number of nitrogens with two attached hydrogens (primary N) is 1. The maximum absolute atomic E-state index is 13.3. The Balaban J connectivity index is 0.856. The lowest BCUT2D eigenvalue weighted by molar-refractivity contribution is -0.136. The zero-order valence-corrected chi connectivity index (χ0v) is 30.2. The van der Waals surface area contributed by atoms with Gasteiger partial charge in [-0.05, 0) is 61.2 Å². The lowest BCUT2D eigenvalue weighted by Gasteiger charge is -2.30. The monoisotopic (exact) mass is 733 g/mol. The number of imide groups is 1. The Morgan fingerprint density at radius 3 is 2.69 bits per heavy atom. The van der Waals surface area contributed by atoms with Crippen molar-refractivity contribution >= 4 is 77.5 Å². The molecule has 3 amide bonds. The highest BCUT2D eigenvalue weighted by Gasteiger charge is 2.40. The second-order valence-corrected chi connectivity index (χ2v) is 14.0. The molecule has 8 rings (SSSR count). The van der Waals surface area contributed by atoms with Crippen molar-refractivity contribution in [1.82, 2.24) is 25.1 Å². The number of anilines is 5. The fourth-order valence-corrected chi connectivity index (χ4v) is 7.44. The summed E-state index contributed by atoms with van der Waals surface area (Å²) in [4.78, 5) is 60.2. The third-order valence-corrected chi connectivity index (χ3v) is 10.3. The van der Waals surface area contributed by atoms with Crippen LogP contribution in [-0.4, -0.2) is 89.0 Å². The van der Waals surface area contributed by atoms with E-state index in [1.54, 1.807) is 30.6 Å². The van der Waals surface area contributed by atoms with Crippen LogP contribution in [0.5, 0.6) is 0 Å². The second kappa shape index (κ2) is 15.6. The molecular weight excluding hydrogens is 693 g/mol. The summed E-state index contributed by atoms with van der Waals surface area (Å²) in [5.41, 5.74) is 13.9. The fraction of sp³-hybridized carbons (Fsp3) is 0.275. The van der Waals surface area contributed by atoms with Gasteiger partial charge in [0.25, 0.3) is 5.91 Å². The predicted octanol–water partition coefficient (Wildman–Crippen LogP) is 3.59. The first kappa shape index (κ1) is 35.7. The number of carbonyl (C=O) groups excluding carboxylic acids is 3. The minimum Gasteiger partial charge on any atom is -0.404 e. The van der Waals surface area contributed by atoms with Crippen molar-refractivity contribution in [3.8, 4) is 0 Å². The van der Waals surface area contributed by atoms with E-state index in [9.17, 15) is 14.4 Å². The van der Waals surface area contributed by atoms with Gasteiger partial charge in [0.05, 0.1) is 29.7 Å². The minimum atomic E-state index is -0.684. The van der Waals surface area contributed by atoms with Gasteiger partial charge in [-0.15, -0.1) is 0 Å². The van der Waals surface area contributed by atoms with E-state index in [1.165, 1.54) is 10.5 Å². The van der Waals surface area contributed by atoms with Gasteiger partial charge in [0.15, 0.2) is 0 Å². The Bertz CT molecular complexity index is 2250. The van der Waals surface area contributed by atoms with Crippen LogP contribution in [0.15, 0.2) is 94.7 Å². The molecule has 4 aromatic rings. The number of piperidine rings is 2. The second-order valence-electron chi connectivity index (χ2n) is 14.0. The van der Waals surface area contributed by atoms with Gasteiger partial charge in [0, 0.05) is 79.3 Å². The Morgan fingerprint density at radius 1 is 1.02 bits per heavy atom. The highest BCUT2D eigenvalue weighted by Crippen LogP contribution is 2.34. The SMILES string of the molecule is [B]c1cccc2c1N=C(C(C=NC1CCN(Cc3cccc(Nc4nccc(Nc5cccc6c5CN(C5CCC(=O)NC5=O)C6=O)n4)c3)CC1)=CN)CN2. The number of rotatable bonds is 10. The highest BCUT2D eigenvalue weighted by molar-refractivity contribution is 6.37. The van der Waals surface area contributed by atoms with Crippen molar-refractivity contribution in [2.75, 3.05) is 35.6 Å². The van der Waals surface area contributed by atoms with Crippen LogP contribution in [-0.2, 0) is 22.7 Å². The Labute approximate surface area is 319 Å². The highest BCUT2D eigenvalue weighted by atomic mass is 16.2. The fourth-order valence-electron chi connectivity index (χ4n) is 7.44. The molecule has 1 aromatic heterocycles.